The van der Waals surface area contributed by atoms with Gasteiger partial charge in [0, 0.05) is 5.80 Å². The molecule has 0 amide bonds. The molecule has 0 spiro atoms. The third-order valence-electron chi connectivity index (χ3n) is 4.51. The second-order valence-corrected chi connectivity index (χ2v) is 9.41. The zero-order valence-corrected chi connectivity index (χ0v) is 15.6. The van der Waals surface area contributed by atoms with Crippen LogP contribution in [0.2, 0.25) is 0 Å². The maximum Gasteiger partial charge on any atom is 0.331 e. The number of rotatable bonds is 5. The predicted molar refractivity (Wildman–Crippen MR) is 109 cm³/mol. The molecule has 0 atom stereocenters. The normalized spacial score (nSPS) is 16.8. The molecule has 0 saturated carbocycles. The highest BCUT2D eigenvalue weighted by Crippen LogP contribution is 2.63. The van der Waals surface area contributed by atoms with E-state index in [-0.39, 0.29) is 5.97 Å². The Balaban J connectivity index is 2.29. The first kappa shape index (κ1) is 17.8. The van der Waals surface area contributed by atoms with Crippen molar-refractivity contribution in [3.8, 4) is 0 Å². The van der Waals surface area contributed by atoms with Crippen molar-refractivity contribution in [2.45, 2.75) is 32.6 Å². The molecule has 2 aliphatic rings. The summed E-state index contributed by atoms with van der Waals surface area (Å²) in [5.74, 6) is 1.65. The van der Waals surface area contributed by atoms with E-state index < -0.39 is 6.89 Å². The van der Waals surface area contributed by atoms with Crippen molar-refractivity contribution in [2.75, 3.05) is 6.61 Å². The molecule has 0 bridgehead atoms. The third kappa shape index (κ3) is 3.80. The molecule has 0 aromatic heterocycles. The third-order valence-corrected chi connectivity index (χ3v) is 8.52. The summed E-state index contributed by atoms with van der Waals surface area (Å²) < 4.78 is 5.33. The average molecular weight is 352 g/mol. The highest BCUT2D eigenvalue weighted by molar-refractivity contribution is 7.90. The molecule has 1 aromatic rings. The van der Waals surface area contributed by atoms with Crippen LogP contribution < -0.4 is 5.30 Å². The molecule has 1 aromatic carbocycles. The number of hydrogen-bond donors (Lipinski definition) is 0. The summed E-state index contributed by atoms with van der Waals surface area (Å²) in [6, 6.07) is 10.4. The fraction of sp³-hybridized carbons (Fsp3) is 0.273. The lowest BCUT2D eigenvalue weighted by Gasteiger charge is -2.32. The quantitative estimate of drug-likeness (QED) is 0.540. The lowest BCUT2D eigenvalue weighted by Crippen LogP contribution is -2.16. The minimum Gasteiger partial charge on any atom is -0.463 e. The Kier molecular flexibility index (Phi) is 5.94. The van der Waals surface area contributed by atoms with Crippen LogP contribution in [0.5, 0.6) is 0 Å². The molecule has 0 fully saturated rings. The van der Waals surface area contributed by atoms with Crippen molar-refractivity contribution in [3.63, 3.8) is 0 Å². The lowest BCUT2D eigenvalue weighted by atomic mass is 10.2. The molecule has 0 heterocycles. The summed E-state index contributed by atoms with van der Waals surface area (Å²) >= 11 is 0. The van der Waals surface area contributed by atoms with E-state index in [9.17, 15) is 4.79 Å². The fourth-order valence-corrected chi connectivity index (χ4v) is 7.28. The Morgan fingerprint density at radius 1 is 1.00 bits per heavy atom. The van der Waals surface area contributed by atoms with Crippen molar-refractivity contribution >= 4 is 24.0 Å². The summed E-state index contributed by atoms with van der Waals surface area (Å²) in [6.07, 6.45) is 17.6. The van der Waals surface area contributed by atoms with Crippen LogP contribution in [0, 0.1) is 0 Å². The molecule has 2 nitrogen and oxygen atoms in total. The molecule has 2 aliphatic carbocycles. The van der Waals surface area contributed by atoms with E-state index >= 15 is 0 Å². The van der Waals surface area contributed by atoms with Crippen LogP contribution in [0.25, 0.3) is 0 Å². The molecule has 0 unspecified atom stereocenters. The van der Waals surface area contributed by atoms with Gasteiger partial charge in [-0.05, 0) is 55.4 Å². The zero-order chi connectivity index (χ0) is 17.5. The van der Waals surface area contributed by atoms with Gasteiger partial charge >= 0.3 is 5.97 Å². The maximum absolute atomic E-state index is 12.6. The minimum atomic E-state index is -2.14. The van der Waals surface area contributed by atoms with Crippen LogP contribution in [0.3, 0.4) is 0 Å². The molecule has 3 heteroatoms. The standard InChI is InChI=1S/C22H25O2P/c1-2-24-22(23)18-25(19-12-6-3-7-13-19,20-14-8-4-9-15-20)21-16-10-5-11-17-21/h3,6-8,10,12-18H,2,4-5,9,11H2,1H3. The van der Waals surface area contributed by atoms with Gasteiger partial charge in [0.25, 0.3) is 0 Å². The summed E-state index contributed by atoms with van der Waals surface area (Å²) in [7, 11) is 0. The van der Waals surface area contributed by atoms with E-state index in [1.54, 1.807) is 0 Å². The molecule has 0 saturated heterocycles. The van der Waals surface area contributed by atoms with Gasteiger partial charge in [0.05, 0.1) is 6.61 Å². The van der Waals surface area contributed by atoms with E-state index in [1.165, 1.54) is 15.9 Å². The summed E-state index contributed by atoms with van der Waals surface area (Å²) in [5, 5.41) is 3.73. The monoisotopic (exact) mass is 352 g/mol. The van der Waals surface area contributed by atoms with Gasteiger partial charge in [0.15, 0.2) is 0 Å². The first-order valence-corrected chi connectivity index (χ1v) is 10.8. The van der Waals surface area contributed by atoms with Crippen LogP contribution in [-0.2, 0) is 9.53 Å². The van der Waals surface area contributed by atoms with E-state index in [2.05, 4.69) is 60.7 Å². The van der Waals surface area contributed by atoms with Gasteiger partial charge in [0.2, 0.25) is 0 Å². The molecule has 3 rings (SSSR count). The van der Waals surface area contributed by atoms with E-state index in [0.717, 1.165) is 25.7 Å². The van der Waals surface area contributed by atoms with Gasteiger partial charge in [0.1, 0.15) is 0 Å². The van der Waals surface area contributed by atoms with Gasteiger partial charge in [-0.15, -0.1) is 0 Å². The molecular weight excluding hydrogens is 327 g/mol. The Labute approximate surface area is 150 Å². The zero-order valence-electron chi connectivity index (χ0n) is 14.7. The minimum absolute atomic E-state index is 0.223. The van der Waals surface area contributed by atoms with E-state index in [0.29, 0.717) is 6.61 Å². The number of benzene rings is 1. The number of carbonyl (C=O) groups is 1. The maximum atomic E-state index is 12.6. The van der Waals surface area contributed by atoms with Crippen LogP contribution in [-0.4, -0.2) is 18.4 Å². The van der Waals surface area contributed by atoms with Gasteiger partial charge in [-0.2, -0.15) is 0 Å². The molecular formula is C22H25O2P. The summed E-state index contributed by atoms with van der Waals surface area (Å²) in [6.45, 7) is 0.116. The Morgan fingerprint density at radius 2 is 1.60 bits per heavy atom. The summed E-state index contributed by atoms with van der Waals surface area (Å²) in [4.78, 5) is 12.6. The average Bonchev–Trinajstić information content (AvgIpc) is 2.68. The topological polar surface area (TPSA) is 26.3 Å². The van der Waals surface area contributed by atoms with Crippen molar-refractivity contribution < 1.29 is 9.53 Å². The van der Waals surface area contributed by atoms with Crippen LogP contribution in [0.4, 0.5) is 0 Å². The van der Waals surface area contributed by atoms with Gasteiger partial charge in [-0.3, -0.25) is 0 Å². The Bertz CT molecular complexity index is 759. The largest absolute Gasteiger partial charge is 0.463 e. The number of allylic oxidation sites excluding steroid dienone is 8. The SMILES string of the molecule is CCOC(=O)C=P(C1=CCCC=C1)(C1=CCCC=C1)c1ccccc1. The van der Waals surface area contributed by atoms with Crippen LogP contribution in [0.1, 0.15) is 32.6 Å². The van der Waals surface area contributed by atoms with Crippen LogP contribution in [0.15, 0.2) is 77.4 Å². The fourth-order valence-electron chi connectivity index (χ4n) is 3.39. The molecule has 0 aliphatic heterocycles. The number of carbonyl (C=O) groups excluding carboxylic acids is 1. The highest BCUT2D eigenvalue weighted by atomic mass is 31.2. The Morgan fingerprint density at radius 3 is 2.08 bits per heavy atom. The lowest BCUT2D eigenvalue weighted by molar-refractivity contribution is -0.134. The van der Waals surface area contributed by atoms with Crippen molar-refractivity contribution in [2.24, 2.45) is 0 Å². The van der Waals surface area contributed by atoms with E-state index in [1.807, 2.05) is 18.8 Å². The van der Waals surface area contributed by atoms with Gasteiger partial charge < -0.3 is 4.74 Å². The second kappa shape index (κ2) is 8.36. The molecule has 130 valence electrons. The molecule has 0 radical (unpaired) electrons. The Hall–Kier alpha value is -2.05. The second-order valence-electron chi connectivity index (χ2n) is 6.16. The molecule has 25 heavy (non-hydrogen) atoms. The van der Waals surface area contributed by atoms with Crippen LogP contribution >= 0.6 is 6.89 Å². The number of esters is 1. The van der Waals surface area contributed by atoms with E-state index in [4.69, 9.17) is 4.74 Å². The highest BCUT2D eigenvalue weighted by Gasteiger charge is 2.29. The predicted octanol–water partition coefficient (Wildman–Crippen LogP) is 5.16. The van der Waals surface area contributed by atoms with Crippen molar-refractivity contribution in [3.05, 3.63) is 77.4 Å². The van der Waals surface area contributed by atoms with Crippen molar-refractivity contribution in [1.82, 2.24) is 0 Å². The smallest absolute Gasteiger partial charge is 0.331 e. The number of ether oxygens (including phenoxy) is 1. The van der Waals surface area contributed by atoms with Gasteiger partial charge in [-0.1, -0.05) is 66.8 Å². The first-order chi connectivity index (χ1) is 12.3. The van der Waals surface area contributed by atoms with Crippen molar-refractivity contribution in [1.29, 1.82) is 0 Å². The first-order valence-electron chi connectivity index (χ1n) is 8.99. The summed E-state index contributed by atoms with van der Waals surface area (Å²) in [5.41, 5.74) is 0. The number of hydrogen-bond acceptors (Lipinski definition) is 2. The molecule has 0 N–H and O–H groups in total. The van der Waals surface area contributed by atoms with Gasteiger partial charge in [-0.25, -0.2) is 4.79 Å².